The van der Waals surface area contributed by atoms with Crippen molar-refractivity contribution in [1.82, 2.24) is 5.32 Å². The Labute approximate surface area is 229 Å². The maximum atomic E-state index is 13.3. The summed E-state index contributed by atoms with van der Waals surface area (Å²) in [5.41, 5.74) is 3.36. The van der Waals surface area contributed by atoms with Crippen LogP contribution in [0.25, 0.3) is 6.08 Å². The predicted octanol–water partition coefficient (Wildman–Crippen LogP) is 5.60. The van der Waals surface area contributed by atoms with Crippen molar-refractivity contribution in [2.24, 2.45) is 0 Å². The summed E-state index contributed by atoms with van der Waals surface area (Å²) in [6.07, 6.45) is 1.26. The van der Waals surface area contributed by atoms with Crippen LogP contribution in [0.4, 0.5) is 16.2 Å². The van der Waals surface area contributed by atoms with Crippen LogP contribution in [0.3, 0.4) is 0 Å². The van der Waals surface area contributed by atoms with Gasteiger partial charge < -0.3 is 10.1 Å². The van der Waals surface area contributed by atoms with Crippen LogP contribution in [-0.2, 0) is 14.4 Å². The van der Waals surface area contributed by atoms with E-state index in [0.717, 1.165) is 16.0 Å². The quantitative estimate of drug-likeness (QED) is 0.306. The number of amides is 5. The van der Waals surface area contributed by atoms with Gasteiger partial charge in [0.15, 0.2) is 6.61 Å². The van der Waals surface area contributed by atoms with Gasteiger partial charge in [-0.15, -0.1) is 0 Å². The fourth-order valence-corrected chi connectivity index (χ4v) is 4.17. The first-order valence-corrected chi connectivity index (χ1v) is 12.3. The lowest BCUT2D eigenvalue weighted by molar-refractivity contribution is -0.122. The zero-order valence-electron chi connectivity index (χ0n) is 20.7. The summed E-state index contributed by atoms with van der Waals surface area (Å²) in [5, 5.41) is 5.61. The summed E-state index contributed by atoms with van der Waals surface area (Å²) in [4.78, 5) is 52.0. The molecule has 0 bridgehead atoms. The van der Waals surface area contributed by atoms with Gasteiger partial charge in [0.05, 0.1) is 5.69 Å². The van der Waals surface area contributed by atoms with E-state index >= 15 is 0 Å². The van der Waals surface area contributed by atoms with Gasteiger partial charge in [0.2, 0.25) is 0 Å². The Morgan fingerprint density at radius 1 is 0.947 bits per heavy atom. The second-order valence-corrected chi connectivity index (χ2v) is 9.60. The molecule has 1 saturated heterocycles. The fourth-order valence-electron chi connectivity index (χ4n) is 3.82. The molecule has 0 saturated carbocycles. The lowest BCUT2D eigenvalue weighted by atomic mass is 10.0. The lowest BCUT2D eigenvalue weighted by Crippen LogP contribution is -2.54. The van der Waals surface area contributed by atoms with Crippen LogP contribution in [0.5, 0.6) is 5.75 Å². The number of ether oxygens (including phenoxy) is 1. The largest absolute Gasteiger partial charge is 0.483 e. The molecule has 0 aliphatic carbocycles. The number of nitrogens with zero attached hydrogens (tertiary/aromatic N) is 1. The molecule has 0 spiro atoms. The standard InChI is InChI=1S/C28H23Cl2N3O5/c1-15-4-5-16(2)22(10-15)31-25(34)14-38-24-9-8-19(29)11-18(24)12-21-26(35)32-28(37)33(27(21)36)23-13-20(30)7-6-17(23)3/h4-13H,14H2,1-3H3,(H,31,34)(H,32,35,37)/b21-12+. The van der Waals surface area contributed by atoms with Crippen molar-refractivity contribution in [3.63, 3.8) is 0 Å². The Morgan fingerprint density at radius 3 is 2.39 bits per heavy atom. The molecular formula is C28H23Cl2N3O5. The molecule has 0 unspecified atom stereocenters. The molecule has 1 fully saturated rings. The highest BCUT2D eigenvalue weighted by molar-refractivity contribution is 6.40. The molecular weight excluding hydrogens is 529 g/mol. The average Bonchev–Trinajstić information content (AvgIpc) is 2.85. The first-order valence-electron chi connectivity index (χ1n) is 11.5. The number of imide groups is 2. The van der Waals surface area contributed by atoms with Crippen molar-refractivity contribution in [2.75, 3.05) is 16.8 Å². The summed E-state index contributed by atoms with van der Waals surface area (Å²) >= 11 is 12.2. The molecule has 1 heterocycles. The number of carbonyl (C=O) groups is 4. The van der Waals surface area contributed by atoms with Crippen LogP contribution in [0.15, 0.2) is 60.2 Å². The zero-order chi connectivity index (χ0) is 27.6. The average molecular weight is 552 g/mol. The fraction of sp³-hybridized carbons (Fsp3) is 0.143. The van der Waals surface area contributed by atoms with Crippen molar-refractivity contribution in [2.45, 2.75) is 20.8 Å². The number of carbonyl (C=O) groups excluding carboxylic acids is 4. The Bertz CT molecular complexity index is 1520. The van der Waals surface area contributed by atoms with Crippen molar-refractivity contribution in [3.05, 3.63) is 92.5 Å². The number of anilines is 2. The number of benzene rings is 3. The Kier molecular flexibility index (Phi) is 7.85. The third-order valence-electron chi connectivity index (χ3n) is 5.81. The van der Waals surface area contributed by atoms with E-state index in [0.29, 0.717) is 21.3 Å². The minimum absolute atomic E-state index is 0.209. The molecule has 3 aromatic carbocycles. The summed E-state index contributed by atoms with van der Waals surface area (Å²) in [6.45, 7) is 5.17. The maximum Gasteiger partial charge on any atom is 0.335 e. The van der Waals surface area contributed by atoms with Gasteiger partial charge in [0.25, 0.3) is 17.7 Å². The number of aryl methyl sites for hydroxylation is 3. The number of nitrogens with one attached hydrogen (secondary N) is 2. The number of halogens is 2. The zero-order valence-corrected chi connectivity index (χ0v) is 22.2. The molecule has 2 N–H and O–H groups in total. The molecule has 38 heavy (non-hydrogen) atoms. The molecule has 10 heteroatoms. The summed E-state index contributed by atoms with van der Waals surface area (Å²) in [7, 11) is 0. The van der Waals surface area contributed by atoms with E-state index in [9.17, 15) is 19.2 Å². The van der Waals surface area contributed by atoms with Gasteiger partial charge in [0.1, 0.15) is 11.3 Å². The molecule has 0 atom stereocenters. The number of hydrogen-bond acceptors (Lipinski definition) is 5. The first kappa shape index (κ1) is 26.9. The summed E-state index contributed by atoms with van der Waals surface area (Å²) in [6, 6.07) is 14.1. The third-order valence-corrected chi connectivity index (χ3v) is 6.28. The number of barbiturate groups is 1. The molecule has 8 nitrogen and oxygen atoms in total. The molecule has 1 aliphatic rings. The number of rotatable bonds is 6. The second-order valence-electron chi connectivity index (χ2n) is 8.73. The third kappa shape index (κ3) is 5.88. The monoisotopic (exact) mass is 551 g/mol. The van der Waals surface area contributed by atoms with Crippen molar-refractivity contribution in [1.29, 1.82) is 0 Å². The summed E-state index contributed by atoms with van der Waals surface area (Å²) < 4.78 is 5.72. The van der Waals surface area contributed by atoms with Gasteiger partial charge in [-0.05, 0) is 79.9 Å². The van der Waals surface area contributed by atoms with Crippen LogP contribution < -0.4 is 20.3 Å². The highest BCUT2D eigenvalue weighted by atomic mass is 35.5. The molecule has 0 aromatic heterocycles. The van der Waals surface area contributed by atoms with Crippen molar-refractivity contribution < 1.29 is 23.9 Å². The minimum atomic E-state index is -0.895. The Morgan fingerprint density at radius 2 is 1.63 bits per heavy atom. The van der Waals surface area contributed by atoms with Crippen LogP contribution in [0.2, 0.25) is 10.0 Å². The van der Waals surface area contributed by atoms with E-state index in [4.69, 9.17) is 27.9 Å². The van der Waals surface area contributed by atoms with Gasteiger partial charge in [-0.2, -0.15) is 0 Å². The summed E-state index contributed by atoms with van der Waals surface area (Å²) in [5.74, 6) is -1.91. The Hall–Kier alpha value is -4.14. The topological polar surface area (TPSA) is 105 Å². The normalized spacial score (nSPS) is 14.5. The minimum Gasteiger partial charge on any atom is -0.483 e. The smallest absolute Gasteiger partial charge is 0.335 e. The van der Waals surface area contributed by atoms with E-state index in [1.54, 1.807) is 25.1 Å². The molecule has 194 valence electrons. The van der Waals surface area contributed by atoms with E-state index in [1.807, 2.05) is 32.0 Å². The van der Waals surface area contributed by atoms with Crippen molar-refractivity contribution in [3.8, 4) is 5.75 Å². The first-order chi connectivity index (χ1) is 18.0. The van der Waals surface area contributed by atoms with E-state index in [2.05, 4.69) is 10.6 Å². The predicted molar refractivity (Wildman–Crippen MR) is 147 cm³/mol. The molecule has 4 rings (SSSR count). The van der Waals surface area contributed by atoms with E-state index < -0.39 is 23.8 Å². The number of urea groups is 1. The lowest BCUT2D eigenvalue weighted by Gasteiger charge is -2.27. The van der Waals surface area contributed by atoms with Crippen LogP contribution in [-0.4, -0.2) is 30.4 Å². The molecule has 3 aromatic rings. The van der Waals surface area contributed by atoms with E-state index in [-0.39, 0.29) is 29.2 Å². The van der Waals surface area contributed by atoms with Crippen molar-refractivity contribution >= 4 is 64.4 Å². The van der Waals surface area contributed by atoms with Gasteiger partial charge in [-0.3, -0.25) is 19.7 Å². The van der Waals surface area contributed by atoms with Gasteiger partial charge in [-0.25, -0.2) is 9.69 Å². The van der Waals surface area contributed by atoms with Gasteiger partial charge in [-0.1, -0.05) is 41.4 Å². The molecule has 5 amide bonds. The van der Waals surface area contributed by atoms with E-state index in [1.165, 1.54) is 24.3 Å². The van der Waals surface area contributed by atoms with Crippen LogP contribution in [0, 0.1) is 20.8 Å². The van der Waals surface area contributed by atoms with Gasteiger partial charge in [0, 0.05) is 21.3 Å². The Balaban J connectivity index is 1.61. The maximum absolute atomic E-state index is 13.3. The number of hydrogen-bond donors (Lipinski definition) is 2. The van der Waals surface area contributed by atoms with Gasteiger partial charge >= 0.3 is 6.03 Å². The molecule has 1 aliphatic heterocycles. The highest BCUT2D eigenvalue weighted by Gasteiger charge is 2.37. The SMILES string of the molecule is Cc1ccc(C)c(NC(=O)COc2ccc(Cl)cc2/C=C2\C(=O)NC(=O)N(c3cc(Cl)ccc3C)C2=O)c1. The van der Waals surface area contributed by atoms with Crippen LogP contribution >= 0.6 is 23.2 Å². The molecule has 0 radical (unpaired) electrons. The van der Waals surface area contributed by atoms with Crippen LogP contribution in [0.1, 0.15) is 22.3 Å². The second kappa shape index (κ2) is 11.1. The highest BCUT2D eigenvalue weighted by Crippen LogP contribution is 2.30.